The van der Waals surface area contributed by atoms with E-state index in [0.717, 1.165) is 23.5 Å². The van der Waals surface area contributed by atoms with Crippen molar-refractivity contribution in [2.75, 3.05) is 6.61 Å². The minimum atomic E-state index is 0.246. The normalized spacial score (nSPS) is 12.6. The Morgan fingerprint density at radius 3 is 2.61 bits per heavy atom. The van der Waals surface area contributed by atoms with E-state index in [0.29, 0.717) is 5.92 Å². The van der Waals surface area contributed by atoms with Gasteiger partial charge in [0, 0.05) is 24.0 Å². The number of hydrogen-bond acceptors (Lipinski definition) is 3. The topological polar surface area (TPSA) is 33.1 Å². The molecule has 3 heteroatoms. The Morgan fingerprint density at radius 2 is 2.00 bits per heavy atom. The molecule has 0 aliphatic carbocycles. The summed E-state index contributed by atoms with van der Waals surface area (Å²) in [4.78, 5) is 4.65. The maximum Gasteiger partial charge on any atom is 0.0936 e. The van der Waals surface area contributed by atoms with E-state index in [1.54, 1.807) is 11.3 Å². The van der Waals surface area contributed by atoms with Gasteiger partial charge in [0.15, 0.2) is 0 Å². The number of rotatable bonds is 5. The number of hydrogen-bond donors (Lipinski definition) is 1. The number of aliphatic hydroxyl groups excluding tert-OH is 1. The van der Waals surface area contributed by atoms with Crippen LogP contribution in [0.2, 0.25) is 0 Å². The minimum absolute atomic E-state index is 0.246. The molecule has 1 atom stereocenters. The molecule has 1 aromatic heterocycles. The first kappa shape index (κ1) is 13.2. The lowest BCUT2D eigenvalue weighted by Crippen LogP contribution is -2.07. The number of aromatic nitrogens is 1. The quantitative estimate of drug-likeness (QED) is 0.890. The van der Waals surface area contributed by atoms with Crippen LogP contribution in [-0.2, 0) is 6.42 Å². The van der Waals surface area contributed by atoms with Crippen LogP contribution in [0.25, 0.3) is 11.3 Å². The van der Waals surface area contributed by atoms with Crippen molar-refractivity contribution in [1.82, 2.24) is 4.98 Å². The van der Waals surface area contributed by atoms with Gasteiger partial charge in [-0.1, -0.05) is 43.2 Å². The Labute approximate surface area is 112 Å². The van der Waals surface area contributed by atoms with Gasteiger partial charge in [-0.2, -0.15) is 0 Å². The summed E-state index contributed by atoms with van der Waals surface area (Å²) >= 11 is 1.69. The monoisotopic (exact) mass is 261 g/mol. The molecule has 1 N–H and O–H groups in total. The van der Waals surface area contributed by atoms with Gasteiger partial charge in [0.05, 0.1) is 10.7 Å². The summed E-state index contributed by atoms with van der Waals surface area (Å²) in [5.41, 5.74) is 3.48. The zero-order valence-corrected chi connectivity index (χ0v) is 11.7. The second-order valence-electron chi connectivity index (χ2n) is 4.65. The summed E-state index contributed by atoms with van der Waals surface area (Å²) in [6.45, 7) is 4.44. The molecule has 0 aliphatic heterocycles. The van der Waals surface area contributed by atoms with Gasteiger partial charge in [-0.15, -0.1) is 11.3 Å². The highest BCUT2D eigenvalue weighted by atomic mass is 32.1. The minimum Gasteiger partial charge on any atom is -0.396 e. The standard InChI is InChI=1S/C15H19NOS/c1-3-12(9-17)8-15-16-14(10-18-15)13-6-4-11(2)5-7-13/h4-7,10,12,17H,3,8-9H2,1-2H3. The van der Waals surface area contributed by atoms with Gasteiger partial charge in [0.2, 0.25) is 0 Å². The second kappa shape index (κ2) is 6.12. The molecule has 0 amide bonds. The molecule has 18 heavy (non-hydrogen) atoms. The summed E-state index contributed by atoms with van der Waals surface area (Å²) in [5, 5.41) is 12.4. The molecular weight excluding hydrogens is 242 g/mol. The van der Waals surface area contributed by atoms with E-state index < -0.39 is 0 Å². The molecule has 96 valence electrons. The predicted molar refractivity (Wildman–Crippen MR) is 76.9 cm³/mol. The van der Waals surface area contributed by atoms with Crippen molar-refractivity contribution in [3.63, 3.8) is 0 Å². The van der Waals surface area contributed by atoms with Gasteiger partial charge in [-0.25, -0.2) is 4.98 Å². The Bertz CT molecular complexity index is 485. The molecule has 2 nitrogen and oxygen atoms in total. The van der Waals surface area contributed by atoms with Gasteiger partial charge < -0.3 is 5.11 Å². The highest BCUT2D eigenvalue weighted by Gasteiger charge is 2.10. The average molecular weight is 261 g/mol. The second-order valence-corrected chi connectivity index (χ2v) is 5.60. The van der Waals surface area contributed by atoms with E-state index in [-0.39, 0.29) is 6.61 Å². The Hall–Kier alpha value is -1.19. The van der Waals surface area contributed by atoms with E-state index in [9.17, 15) is 5.11 Å². The predicted octanol–water partition coefficient (Wildman–Crippen LogP) is 3.68. The molecule has 0 fully saturated rings. The molecule has 0 bridgehead atoms. The Morgan fingerprint density at radius 1 is 1.28 bits per heavy atom. The molecule has 0 radical (unpaired) electrons. The zero-order chi connectivity index (χ0) is 13.0. The molecule has 1 heterocycles. The first-order valence-corrected chi connectivity index (χ1v) is 7.23. The fourth-order valence-corrected chi connectivity index (χ4v) is 2.77. The van der Waals surface area contributed by atoms with Crippen LogP contribution in [0.4, 0.5) is 0 Å². The number of thiazole rings is 1. The fourth-order valence-electron chi connectivity index (χ4n) is 1.85. The lowest BCUT2D eigenvalue weighted by molar-refractivity contribution is 0.222. The van der Waals surface area contributed by atoms with E-state index in [2.05, 4.69) is 48.5 Å². The molecule has 0 saturated carbocycles. The smallest absolute Gasteiger partial charge is 0.0936 e. The van der Waals surface area contributed by atoms with Crippen molar-refractivity contribution >= 4 is 11.3 Å². The van der Waals surface area contributed by atoms with Gasteiger partial charge in [-0.3, -0.25) is 0 Å². The first-order valence-electron chi connectivity index (χ1n) is 6.35. The van der Waals surface area contributed by atoms with Crippen molar-refractivity contribution < 1.29 is 5.11 Å². The Balaban J connectivity index is 2.12. The highest BCUT2D eigenvalue weighted by molar-refractivity contribution is 7.09. The van der Waals surface area contributed by atoms with Crippen molar-refractivity contribution in [1.29, 1.82) is 0 Å². The summed E-state index contributed by atoms with van der Waals surface area (Å²) < 4.78 is 0. The van der Waals surface area contributed by atoms with E-state index in [1.807, 2.05) is 0 Å². The van der Waals surface area contributed by atoms with Crippen molar-refractivity contribution in [2.45, 2.75) is 26.7 Å². The SMILES string of the molecule is CCC(CO)Cc1nc(-c2ccc(C)cc2)cs1. The number of benzene rings is 1. The molecule has 2 rings (SSSR count). The third-order valence-corrected chi connectivity index (χ3v) is 4.07. The molecule has 1 unspecified atom stereocenters. The number of aliphatic hydroxyl groups is 1. The van der Waals surface area contributed by atoms with Gasteiger partial charge >= 0.3 is 0 Å². The summed E-state index contributed by atoms with van der Waals surface area (Å²) in [6, 6.07) is 8.43. The largest absolute Gasteiger partial charge is 0.396 e. The van der Waals surface area contributed by atoms with Gasteiger partial charge in [0.1, 0.15) is 0 Å². The van der Waals surface area contributed by atoms with Crippen LogP contribution in [-0.4, -0.2) is 16.7 Å². The molecule has 1 aromatic carbocycles. The zero-order valence-electron chi connectivity index (χ0n) is 10.9. The van der Waals surface area contributed by atoms with Crippen LogP contribution < -0.4 is 0 Å². The maximum absolute atomic E-state index is 9.22. The van der Waals surface area contributed by atoms with Crippen LogP contribution in [0.3, 0.4) is 0 Å². The van der Waals surface area contributed by atoms with Crippen LogP contribution in [0, 0.1) is 12.8 Å². The van der Waals surface area contributed by atoms with Crippen LogP contribution in [0.15, 0.2) is 29.6 Å². The molecule has 0 spiro atoms. The van der Waals surface area contributed by atoms with Crippen LogP contribution >= 0.6 is 11.3 Å². The number of aryl methyl sites for hydroxylation is 1. The average Bonchev–Trinajstić information content (AvgIpc) is 2.85. The van der Waals surface area contributed by atoms with Crippen molar-refractivity contribution in [3.05, 3.63) is 40.2 Å². The fraction of sp³-hybridized carbons (Fsp3) is 0.400. The molecule has 0 saturated heterocycles. The van der Waals surface area contributed by atoms with Crippen LogP contribution in [0.5, 0.6) is 0 Å². The third-order valence-electron chi connectivity index (χ3n) is 3.20. The molecular formula is C15H19NOS. The Kier molecular flexibility index (Phi) is 4.50. The van der Waals surface area contributed by atoms with E-state index in [1.165, 1.54) is 11.1 Å². The lowest BCUT2D eigenvalue weighted by atomic mass is 10.0. The number of nitrogens with zero attached hydrogens (tertiary/aromatic N) is 1. The van der Waals surface area contributed by atoms with Crippen molar-refractivity contribution in [2.24, 2.45) is 5.92 Å². The molecule has 0 aliphatic rings. The van der Waals surface area contributed by atoms with Crippen LogP contribution in [0.1, 0.15) is 23.9 Å². The van der Waals surface area contributed by atoms with Crippen molar-refractivity contribution in [3.8, 4) is 11.3 Å². The van der Waals surface area contributed by atoms with E-state index in [4.69, 9.17) is 0 Å². The lowest BCUT2D eigenvalue weighted by Gasteiger charge is -2.08. The van der Waals surface area contributed by atoms with Gasteiger partial charge in [-0.05, 0) is 12.8 Å². The first-order chi connectivity index (χ1) is 8.72. The summed E-state index contributed by atoms with van der Waals surface area (Å²) in [5.74, 6) is 0.335. The molecule has 2 aromatic rings. The summed E-state index contributed by atoms with van der Waals surface area (Å²) in [7, 11) is 0. The third kappa shape index (κ3) is 3.18. The van der Waals surface area contributed by atoms with Gasteiger partial charge in [0.25, 0.3) is 0 Å². The maximum atomic E-state index is 9.22. The summed E-state index contributed by atoms with van der Waals surface area (Å²) in [6.07, 6.45) is 1.87. The van der Waals surface area contributed by atoms with E-state index >= 15 is 0 Å². The highest BCUT2D eigenvalue weighted by Crippen LogP contribution is 2.24.